The molecule has 0 fully saturated rings. The molecule has 0 saturated heterocycles. The van der Waals surface area contributed by atoms with Crippen LogP contribution in [0, 0.1) is 11.3 Å². The van der Waals surface area contributed by atoms with E-state index in [1.165, 1.54) is 0 Å². The van der Waals surface area contributed by atoms with Gasteiger partial charge in [-0.15, -0.1) is 11.3 Å². The van der Waals surface area contributed by atoms with Crippen molar-refractivity contribution in [3.8, 4) is 6.07 Å². The number of aryl methyl sites for hydroxylation is 1. The van der Waals surface area contributed by atoms with Crippen molar-refractivity contribution in [1.29, 1.82) is 5.26 Å². The van der Waals surface area contributed by atoms with E-state index >= 15 is 0 Å². The third kappa shape index (κ3) is 4.05. The van der Waals surface area contributed by atoms with Crippen LogP contribution in [-0.2, 0) is 16.0 Å². The number of nitriles is 1. The molecule has 0 aliphatic carbocycles. The molecule has 0 aliphatic heterocycles. The highest BCUT2D eigenvalue weighted by atomic mass is 32.1. The summed E-state index contributed by atoms with van der Waals surface area (Å²) in [6.07, 6.45) is 0.815. The van der Waals surface area contributed by atoms with Gasteiger partial charge in [-0.05, 0) is 30.0 Å². The summed E-state index contributed by atoms with van der Waals surface area (Å²) in [5.74, 6) is -0.510. The molecule has 3 rings (SSSR count). The lowest BCUT2D eigenvalue weighted by Gasteiger charge is -2.05. The van der Waals surface area contributed by atoms with Gasteiger partial charge >= 0.3 is 5.97 Å². The van der Waals surface area contributed by atoms with Crippen molar-refractivity contribution < 1.29 is 14.6 Å². The lowest BCUT2D eigenvalue weighted by Crippen LogP contribution is -2.09. The van der Waals surface area contributed by atoms with E-state index in [1.54, 1.807) is 17.4 Å². The highest BCUT2D eigenvalue weighted by molar-refractivity contribution is 7.09. The lowest BCUT2D eigenvalue weighted by atomic mass is 10.2. The number of nitrogens with one attached hydrogen (secondary N) is 1. The Morgan fingerprint density at radius 1 is 1.32 bits per heavy atom. The summed E-state index contributed by atoms with van der Waals surface area (Å²) in [6.45, 7) is -0.358. The summed E-state index contributed by atoms with van der Waals surface area (Å²) in [6, 6.07) is 13.1. The van der Waals surface area contributed by atoms with Crippen LogP contribution in [0.5, 0.6) is 0 Å². The average Bonchev–Trinajstić information content (AvgIpc) is 3.28. The van der Waals surface area contributed by atoms with E-state index in [0.717, 1.165) is 10.4 Å². The van der Waals surface area contributed by atoms with E-state index in [4.69, 9.17) is 4.74 Å². The van der Waals surface area contributed by atoms with Crippen LogP contribution in [0.3, 0.4) is 0 Å². The molecule has 0 aliphatic rings. The zero-order valence-electron chi connectivity index (χ0n) is 13.2. The number of hydrogen-bond acceptors (Lipinski definition) is 6. The second kappa shape index (κ2) is 7.64. The molecule has 7 heteroatoms. The number of aliphatic hydroxyl groups is 1. The fourth-order valence-electron chi connectivity index (χ4n) is 2.30. The number of ether oxygens (including phenoxy) is 1. The SMILES string of the molecule is N#C/C(=C(/O)COC(=O)CCc1cccs1)c1nc2ccccc2[nH]1. The molecule has 6 nitrogen and oxygen atoms in total. The molecule has 0 radical (unpaired) electrons. The Hall–Kier alpha value is -3.11. The van der Waals surface area contributed by atoms with E-state index in [9.17, 15) is 15.2 Å². The Balaban J connectivity index is 1.65. The first-order chi connectivity index (χ1) is 12.2. The minimum absolute atomic E-state index is 0.0396. The molecule has 3 aromatic rings. The number of aromatic amines is 1. The number of nitrogens with zero attached hydrogens (tertiary/aromatic N) is 2. The molecule has 2 N–H and O–H groups in total. The standard InChI is InChI=1S/C18H15N3O3S/c19-10-13(18-20-14-5-1-2-6-15(14)21-18)16(22)11-24-17(23)8-7-12-4-3-9-25-12/h1-6,9,22H,7-8,11H2,(H,20,21)/b16-13-. The maximum absolute atomic E-state index is 11.8. The number of carbonyl (C=O) groups is 1. The first-order valence-electron chi connectivity index (χ1n) is 7.62. The van der Waals surface area contributed by atoms with Crippen LogP contribution in [0.25, 0.3) is 16.6 Å². The predicted octanol–water partition coefficient (Wildman–Crippen LogP) is 3.59. The molecule has 1 aromatic carbocycles. The zero-order chi connectivity index (χ0) is 17.6. The number of allylic oxidation sites excluding steroid dienone is 1. The van der Waals surface area contributed by atoms with E-state index in [0.29, 0.717) is 11.9 Å². The monoisotopic (exact) mass is 353 g/mol. The van der Waals surface area contributed by atoms with Crippen molar-refractivity contribution in [1.82, 2.24) is 9.97 Å². The van der Waals surface area contributed by atoms with Gasteiger partial charge < -0.3 is 14.8 Å². The number of hydrogen-bond donors (Lipinski definition) is 2. The molecule has 0 spiro atoms. The summed E-state index contributed by atoms with van der Waals surface area (Å²) < 4.78 is 5.05. The fourth-order valence-corrected chi connectivity index (χ4v) is 3.01. The molecular weight excluding hydrogens is 338 g/mol. The summed E-state index contributed by atoms with van der Waals surface area (Å²) >= 11 is 1.58. The third-order valence-corrected chi connectivity index (χ3v) is 4.49. The van der Waals surface area contributed by atoms with E-state index in [2.05, 4.69) is 9.97 Å². The number of H-pyrrole nitrogens is 1. The minimum Gasteiger partial charge on any atom is -0.507 e. The normalized spacial score (nSPS) is 11.8. The first kappa shape index (κ1) is 16.7. The highest BCUT2D eigenvalue weighted by Gasteiger charge is 2.15. The molecule has 2 heterocycles. The Labute approximate surface area is 148 Å². The van der Waals surface area contributed by atoms with Gasteiger partial charge in [-0.1, -0.05) is 18.2 Å². The van der Waals surface area contributed by atoms with Crippen molar-refractivity contribution in [3.05, 3.63) is 58.2 Å². The predicted molar refractivity (Wildman–Crippen MR) is 94.9 cm³/mol. The van der Waals surface area contributed by atoms with Crippen LogP contribution in [0.15, 0.2) is 47.5 Å². The van der Waals surface area contributed by atoms with Gasteiger partial charge in [0.1, 0.15) is 18.2 Å². The van der Waals surface area contributed by atoms with Crippen LogP contribution in [0.2, 0.25) is 0 Å². The van der Waals surface area contributed by atoms with E-state index in [1.807, 2.05) is 41.8 Å². The molecule has 0 unspecified atom stereocenters. The zero-order valence-corrected chi connectivity index (χ0v) is 14.0. The van der Waals surface area contributed by atoms with Crippen LogP contribution in [-0.4, -0.2) is 27.7 Å². The van der Waals surface area contributed by atoms with Gasteiger partial charge in [-0.2, -0.15) is 5.26 Å². The number of carbonyl (C=O) groups excluding carboxylic acids is 1. The second-order valence-corrected chi connectivity index (χ2v) is 6.31. The van der Waals surface area contributed by atoms with Crippen molar-refractivity contribution in [3.63, 3.8) is 0 Å². The topological polar surface area (TPSA) is 99.0 Å². The Kier molecular flexibility index (Phi) is 5.11. The maximum atomic E-state index is 11.8. The summed E-state index contributed by atoms with van der Waals surface area (Å²) in [5, 5.41) is 21.4. The number of para-hydroxylation sites is 2. The van der Waals surface area contributed by atoms with Gasteiger partial charge in [0.25, 0.3) is 0 Å². The molecule has 0 amide bonds. The van der Waals surface area contributed by atoms with Crippen molar-refractivity contribution in [2.75, 3.05) is 6.61 Å². The van der Waals surface area contributed by atoms with Gasteiger partial charge in [-0.3, -0.25) is 4.79 Å². The number of aromatic nitrogens is 2. The van der Waals surface area contributed by atoms with Crippen LogP contribution >= 0.6 is 11.3 Å². The van der Waals surface area contributed by atoms with Gasteiger partial charge in [0, 0.05) is 4.88 Å². The number of esters is 1. The molecule has 0 saturated carbocycles. The molecule has 126 valence electrons. The largest absolute Gasteiger partial charge is 0.507 e. The molecule has 2 aromatic heterocycles. The number of fused-ring (bicyclic) bond motifs is 1. The minimum atomic E-state index is -0.429. The van der Waals surface area contributed by atoms with Crippen LogP contribution < -0.4 is 0 Å². The Morgan fingerprint density at radius 3 is 2.88 bits per heavy atom. The number of benzene rings is 1. The number of aliphatic hydroxyl groups excluding tert-OH is 1. The molecular formula is C18H15N3O3S. The van der Waals surface area contributed by atoms with Crippen LogP contribution in [0.4, 0.5) is 0 Å². The maximum Gasteiger partial charge on any atom is 0.306 e. The third-order valence-electron chi connectivity index (χ3n) is 3.55. The highest BCUT2D eigenvalue weighted by Crippen LogP contribution is 2.19. The molecule has 0 atom stereocenters. The Bertz CT molecular complexity index is 919. The second-order valence-electron chi connectivity index (χ2n) is 5.28. The van der Waals surface area contributed by atoms with Gasteiger partial charge in [0.15, 0.2) is 11.6 Å². The first-order valence-corrected chi connectivity index (χ1v) is 8.50. The average molecular weight is 353 g/mol. The quantitative estimate of drug-likeness (QED) is 0.401. The lowest BCUT2D eigenvalue weighted by molar-refractivity contribution is -0.143. The molecule has 25 heavy (non-hydrogen) atoms. The Morgan fingerprint density at radius 2 is 2.16 bits per heavy atom. The van der Waals surface area contributed by atoms with E-state index in [-0.39, 0.29) is 30.2 Å². The van der Waals surface area contributed by atoms with Gasteiger partial charge in [0.05, 0.1) is 17.5 Å². The van der Waals surface area contributed by atoms with Crippen molar-refractivity contribution in [2.24, 2.45) is 0 Å². The fraction of sp³-hybridized carbons (Fsp3) is 0.167. The van der Waals surface area contributed by atoms with Crippen molar-refractivity contribution in [2.45, 2.75) is 12.8 Å². The number of rotatable bonds is 6. The van der Waals surface area contributed by atoms with Gasteiger partial charge in [0.2, 0.25) is 0 Å². The van der Waals surface area contributed by atoms with Crippen LogP contribution in [0.1, 0.15) is 17.1 Å². The summed E-state index contributed by atoms with van der Waals surface area (Å²) in [4.78, 5) is 20.1. The summed E-state index contributed by atoms with van der Waals surface area (Å²) in [7, 11) is 0. The summed E-state index contributed by atoms with van der Waals surface area (Å²) in [5.41, 5.74) is 1.40. The van der Waals surface area contributed by atoms with Gasteiger partial charge in [-0.25, -0.2) is 4.98 Å². The molecule has 0 bridgehead atoms. The van der Waals surface area contributed by atoms with E-state index < -0.39 is 5.97 Å². The number of thiophene rings is 1. The smallest absolute Gasteiger partial charge is 0.306 e. The van der Waals surface area contributed by atoms with Crippen molar-refractivity contribution >= 4 is 33.9 Å². The number of imidazole rings is 1.